The van der Waals surface area contributed by atoms with Crippen LogP contribution in [0.2, 0.25) is 0 Å². The fraction of sp³-hybridized carbons (Fsp3) is 0.400. The molecule has 0 heterocycles. The molecule has 0 saturated carbocycles. The molecule has 0 fully saturated rings. The fourth-order valence-corrected chi connectivity index (χ4v) is 1.18. The van der Waals surface area contributed by atoms with Crippen LogP contribution in [0.3, 0.4) is 0 Å². The second kappa shape index (κ2) is 4.03. The first-order valence-corrected chi connectivity index (χ1v) is 3.99. The molecular weight excluding hydrogens is 168 g/mol. The van der Waals surface area contributed by atoms with E-state index < -0.39 is 0 Å². The molecule has 0 aliphatic rings. The first-order chi connectivity index (χ1) is 6.22. The van der Waals surface area contributed by atoms with E-state index in [9.17, 15) is 0 Å². The van der Waals surface area contributed by atoms with E-state index in [4.69, 9.17) is 14.2 Å². The molecule has 1 rings (SSSR count). The summed E-state index contributed by atoms with van der Waals surface area (Å²) in [5.74, 6) is 2.21. The molecule has 0 spiro atoms. The van der Waals surface area contributed by atoms with Crippen LogP contribution in [-0.2, 0) is 0 Å². The van der Waals surface area contributed by atoms with Crippen LogP contribution in [0.25, 0.3) is 0 Å². The van der Waals surface area contributed by atoms with Gasteiger partial charge in [-0.1, -0.05) is 0 Å². The quantitative estimate of drug-likeness (QED) is 0.715. The number of hydrogen-bond donors (Lipinski definition) is 0. The van der Waals surface area contributed by atoms with Gasteiger partial charge in [0.15, 0.2) is 11.5 Å². The molecule has 3 nitrogen and oxygen atoms in total. The van der Waals surface area contributed by atoms with Crippen molar-refractivity contribution in [3.63, 3.8) is 0 Å². The maximum atomic E-state index is 5.15. The lowest BCUT2D eigenvalue weighted by Gasteiger charge is -2.11. The Hall–Kier alpha value is -1.38. The summed E-state index contributed by atoms with van der Waals surface area (Å²) in [5, 5.41) is 0. The van der Waals surface area contributed by atoms with Crippen LogP contribution in [0.5, 0.6) is 17.2 Å². The molecule has 0 amide bonds. The number of methoxy groups -OCH3 is 3. The number of aryl methyl sites for hydroxylation is 1. The summed E-state index contributed by atoms with van der Waals surface area (Å²) in [6.07, 6.45) is 0. The summed E-state index contributed by atoms with van der Waals surface area (Å²) in [4.78, 5) is 0. The van der Waals surface area contributed by atoms with Crippen molar-refractivity contribution < 1.29 is 14.2 Å². The van der Waals surface area contributed by atoms with E-state index in [0.29, 0.717) is 5.75 Å². The fourth-order valence-electron chi connectivity index (χ4n) is 1.18. The zero-order valence-electron chi connectivity index (χ0n) is 8.38. The predicted molar refractivity (Wildman–Crippen MR) is 50.8 cm³/mol. The monoisotopic (exact) mass is 182 g/mol. The molecular formula is C10H14O3. The smallest absolute Gasteiger partial charge is 0.164 e. The van der Waals surface area contributed by atoms with Crippen LogP contribution in [0.1, 0.15) is 5.56 Å². The van der Waals surface area contributed by atoms with Crippen molar-refractivity contribution in [1.29, 1.82) is 0 Å². The molecule has 0 radical (unpaired) electrons. The van der Waals surface area contributed by atoms with Gasteiger partial charge in [0.2, 0.25) is 0 Å². The Morgan fingerprint density at radius 3 is 1.69 bits per heavy atom. The Morgan fingerprint density at radius 1 is 0.769 bits per heavy atom. The lowest BCUT2D eigenvalue weighted by molar-refractivity contribution is 0.348. The normalized spacial score (nSPS) is 9.54. The Balaban J connectivity index is 3.18. The molecule has 0 aliphatic heterocycles. The van der Waals surface area contributed by atoms with Gasteiger partial charge < -0.3 is 14.2 Å². The van der Waals surface area contributed by atoms with E-state index in [2.05, 4.69) is 0 Å². The van der Waals surface area contributed by atoms with Crippen LogP contribution in [0.4, 0.5) is 0 Å². The van der Waals surface area contributed by atoms with E-state index in [1.807, 2.05) is 19.1 Å². The Morgan fingerprint density at radius 2 is 1.23 bits per heavy atom. The summed E-state index contributed by atoms with van der Waals surface area (Å²) >= 11 is 0. The minimum Gasteiger partial charge on any atom is -0.496 e. The van der Waals surface area contributed by atoms with Gasteiger partial charge in [-0.3, -0.25) is 0 Å². The van der Waals surface area contributed by atoms with Crippen molar-refractivity contribution in [3.8, 4) is 17.2 Å². The molecule has 0 N–H and O–H groups in total. The van der Waals surface area contributed by atoms with Gasteiger partial charge in [-0.2, -0.15) is 0 Å². The van der Waals surface area contributed by atoms with Gasteiger partial charge >= 0.3 is 0 Å². The molecule has 1 aromatic carbocycles. The Kier molecular flexibility index (Phi) is 3.01. The van der Waals surface area contributed by atoms with Crippen molar-refractivity contribution >= 4 is 0 Å². The van der Waals surface area contributed by atoms with Crippen LogP contribution in [-0.4, -0.2) is 21.3 Å². The first kappa shape index (κ1) is 9.71. The third kappa shape index (κ3) is 1.86. The number of hydrogen-bond acceptors (Lipinski definition) is 3. The maximum Gasteiger partial charge on any atom is 0.164 e. The summed E-state index contributed by atoms with van der Waals surface area (Å²) in [6.45, 7) is 1.96. The third-order valence-electron chi connectivity index (χ3n) is 1.90. The highest BCUT2D eigenvalue weighted by molar-refractivity contribution is 5.50. The lowest BCUT2D eigenvalue weighted by Crippen LogP contribution is -1.94. The molecule has 0 bridgehead atoms. The maximum absolute atomic E-state index is 5.15. The second-order valence-corrected chi connectivity index (χ2v) is 2.68. The first-order valence-electron chi connectivity index (χ1n) is 3.99. The minimum absolute atomic E-state index is 0.685. The van der Waals surface area contributed by atoms with Crippen molar-refractivity contribution in [2.24, 2.45) is 0 Å². The van der Waals surface area contributed by atoms with Gasteiger partial charge in [0, 0.05) is 6.07 Å². The van der Waals surface area contributed by atoms with Crippen molar-refractivity contribution in [1.82, 2.24) is 0 Å². The number of ether oxygens (including phenoxy) is 3. The molecule has 0 unspecified atom stereocenters. The zero-order valence-corrected chi connectivity index (χ0v) is 8.38. The molecule has 0 aliphatic carbocycles. The summed E-state index contributed by atoms with van der Waals surface area (Å²) in [6, 6.07) is 3.70. The van der Waals surface area contributed by atoms with Gasteiger partial charge in [0.05, 0.1) is 21.3 Å². The van der Waals surface area contributed by atoms with Crippen LogP contribution < -0.4 is 14.2 Å². The second-order valence-electron chi connectivity index (χ2n) is 2.68. The van der Waals surface area contributed by atoms with Crippen LogP contribution >= 0.6 is 0 Å². The Labute approximate surface area is 78.2 Å². The molecule has 0 aromatic heterocycles. The van der Waals surface area contributed by atoms with Gasteiger partial charge in [-0.25, -0.2) is 0 Å². The Bertz CT molecular complexity index is 294. The van der Waals surface area contributed by atoms with E-state index in [0.717, 1.165) is 17.1 Å². The molecule has 3 heteroatoms. The highest BCUT2D eigenvalue weighted by Crippen LogP contribution is 2.33. The van der Waals surface area contributed by atoms with Crippen molar-refractivity contribution in [2.45, 2.75) is 6.92 Å². The highest BCUT2D eigenvalue weighted by atomic mass is 16.5. The zero-order chi connectivity index (χ0) is 9.84. The highest BCUT2D eigenvalue weighted by Gasteiger charge is 2.07. The van der Waals surface area contributed by atoms with E-state index in [1.165, 1.54) is 0 Å². The predicted octanol–water partition coefficient (Wildman–Crippen LogP) is 2.02. The van der Waals surface area contributed by atoms with Gasteiger partial charge in [-0.15, -0.1) is 0 Å². The average Bonchev–Trinajstić information content (AvgIpc) is 2.17. The SMILES string of the molecule is COc1cc(OC)c(OC)cc1C. The molecule has 72 valence electrons. The minimum atomic E-state index is 0.685. The molecule has 13 heavy (non-hydrogen) atoms. The largest absolute Gasteiger partial charge is 0.496 e. The van der Waals surface area contributed by atoms with Crippen molar-refractivity contribution in [2.75, 3.05) is 21.3 Å². The number of rotatable bonds is 3. The van der Waals surface area contributed by atoms with Crippen LogP contribution in [0.15, 0.2) is 12.1 Å². The van der Waals surface area contributed by atoms with Gasteiger partial charge in [0.1, 0.15) is 5.75 Å². The molecule has 0 saturated heterocycles. The molecule has 0 atom stereocenters. The molecule has 1 aromatic rings. The summed E-state index contributed by atoms with van der Waals surface area (Å²) in [5.41, 5.74) is 1.03. The van der Waals surface area contributed by atoms with Gasteiger partial charge in [-0.05, 0) is 18.6 Å². The summed E-state index contributed by atoms with van der Waals surface area (Å²) in [7, 11) is 4.85. The van der Waals surface area contributed by atoms with E-state index in [1.54, 1.807) is 21.3 Å². The third-order valence-corrected chi connectivity index (χ3v) is 1.90. The summed E-state index contributed by atoms with van der Waals surface area (Å²) < 4.78 is 15.4. The van der Waals surface area contributed by atoms with E-state index in [-0.39, 0.29) is 0 Å². The van der Waals surface area contributed by atoms with Gasteiger partial charge in [0.25, 0.3) is 0 Å². The van der Waals surface area contributed by atoms with Crippen molar-refractivity contribution in [3.05, 3.63) is 17.7 Å². The number of benzene rings is 1. The standard InChI is InChI=1S/C10H14O3/c1-7-5-9(12-3)10(13-4)6-8(7)11-2/h5-6H,1-4H3. The van der Waals surface area contributed by atoms with E-state index >= 15 is 0 Å². The lowest BCUT2D eigenvalue weighted by atomic mass is 10.2. The average molecular weight is 182 g/mol. The topological polar surface area (TPSA) is 27.7 Å². The van der Waals surface area contributed by atoms with Crippen LogP contribution in [0, 0.1) is 6.92 Å².